The Morgan fingerprint density at radius 2 is 2.15 bits per heavy atom. The normalized spacial score (nSPS) is 16.9. The number of amides is 2. The molecule has 2 amide bonds. The van der Waals surface area contributed by atoms with Gasteiger partial charge >= 0.3 is 6.03 Å². The highest BCUT2D eigenvalue weighted by Crippen LogP contribution is 2.11. The van der Waals surface area contributed by atoms with Crippen molar-refractivity contribution in [3.05, 3.63) is 29.8 Å². The number of carbonyl (C=O) groups is 1. The zero-order chi connectivity index (χ0) is 14.4. The summed E-state index contributed by atoms with van der Waals surface area (Å²) in [5.74, 6) is 0. The highest BCUT2D eigenvalue weighted by Gasteiger charge is 2.18. The van der Waals surface area contributed by atoms with Crippen LogP contribution in [-0.4, -0.2) is 36.6 Å². The molecule has 5 nitrogen and oxygen atoms in total. The van der Waals surface area contributed by atoms with Gasteiger partial charge in [0.15, 0.2) is 0 Å². The average molecular weight is 276 g/mol. The first-order valence-electron chi connectivity index (χ1n) is 7.27. The molecule has 0 bridgehead atoms. The molecule has 1 saturated heterocycles. The fourth-order valence-electron chi connectivity index (χ4n) is 2.50. The number of rotatable bonds is 5. The minimum atomic E-state index is -0.162. The zero-order valence-corrected chi connectivity index (χ0v) is 12.1. The summed E-state index contributed by atoms with van der Waals surface area (Å²) in [6.07, 6.45) is 2.53. The van der Waals surface area contributed by atoms with Gasteiger partial charge in [-0.1, -0.05) is 12.1 Å². The highest BCUT2D eigenvalue weighted by atomic mass is 16.2. The van der Waals surface area contributed by atoms with E-state index in [9.17, 15) is 4.79 Å². The minimum Gasteiger partial charge on any atom is -0.336 e. The number of hydrogen-bond acceptors (Lipinski definition) is 3. The van der Waals surface area contributed by atoms with Crippen LogP contribution in [0.1, 0.15) is 25.3 Å². The van der Waals surface area contributed by atoms with Gasteiger partial charge in [0, 0.05) is 24.8 Å². The second kappa shape index (κ2) is 7.26. The van der Waals surface area contributed by atoms with Crippen molar-refractivity contribution in [2.24, 2.45) is 5.73 Å². The van der Waals surface area contributed by atoms with E-state index in [0.29, 0.717) is 19.1 Å². The monoisotopic (exact) mass is 276 g/mol. The Labute approximate surface area is 120 Å². The summed E-state index contributed by atoms with van der Waals surface area (Å²) in [6.45, 7) is 5.58. The van der Waals surface area contributed by atoms with Crippen LogP contribution in [0.15, 0.2) is 24.3 Å². The lowest BCUT2D eigenvalue weighted by Gasteiger charge is -2.23. The van der Waals surface area contributed by atoms with E-state index >= 15 is 0 Å². The first kappa shape index (κ1) is 14.8. The van der Waals surface area contributed by atoms with Crippen molar-refractivity contribution < 1.29 is 4.79 Å². The molecule has 1 unspecified atom stereocenters. The fraction of sp³-hybridized carbons (Fsp3) is 0.533. The standard InChI is InChI=1S/C15H24N4O/c1-12(19-7-2-3-8-19)11-17-15(20)18-14-6-4-5-13(9-14)10-16/h4-6,9,12H,2-3,7-8,10-11,16H2,1H3,(H2,17,18,20). The summed E-state index contributed by atoms with van der Waals surface area (Å²) in [5.41, 5.74) is 7.37. The van der Waals surface area contributed by atoms with E-state index in [2.05, 4.69) is 22.5 Å². The van der Waals surface area contributed by atoms with Gasteiger partial charge in [-0.25, -0.2) is 4.79 Å². The number of likely N-dealkylation sites (tertiary alicyclic amines) is 1. The molecule has 1 aromatic carbocycles. The van der Waals surface area contributed by atoms with E-state index < -0.39 is 0 Å². The Bertz CT molecular complexity index is 443. The number of hydrogen-bond donors (Lipinski definition) is 3. The van der Waals surface area contributed by atoms with Crippen LogP contribution in [0.2, 0.25) is 0 Å². The molecule has 110 valence electrons. The molecule has 0 aliphatic carbocycles. The second-order valence-corrected chi connectivity index (χ2v) is 5.33. The Hall–Kier alpha value is -1.59. The number of nitrogens with two attached hydrogens (primary N) is 1. The fourth-order valence-corrected chi connectivity index (χ4v) is 2.50. The molecule has 0 spiro atoms. The molecule has 1 aliphatic heterocycles. The van der Waals surface area contributed by atoms with Crippen LogP contribution in [0.25, 0.3) is 0 Å². The van der Waals surface area contributed by atoms with Crippen LogP contribution in [0.4, 0.5) is 10.5 Å². The number of nitrogens with zero attached hydrogens (tertiary/aromatic N) is 1. The van der Waals surface area contributed by atoms with Gasteiger partial charge in [-0.05, 0) is 50.6 Å². The van der Waals surface area contributed by atoms with Crippen molar-refractivity contribution in [1.82, 2.24) is 10.2 Å². The second-order valence-electron chi connectivity index (χ2n) is 5.33. The largest absolute Gasteiger partial charge is 0.336 e. The molecular formula is C15H24N4O. The Balaban J connectivity index is 1.76. The summed E-state index contributed by atoms with van der Waals surface area (Å²) < 4.78 is 0. The molecule has 0 aromatic heterocycles. The van der Waals surface area contributed by atoms with Gasteiger partial charge in [0.05, 0.1) is 0 Å². The summed E-state index contributed by atoms with van der Waals surface area (Å²) in [5, 5.41) is 5.76. The van der Waals surface area contributed by atoms with Gasteiger partial charge in [-0.3, -0.25) is 4.90 Å². The molecule has 0 radical (unpaired) electrons. The third-order valence-electron chi connectivity index (χ3n) is 3.74. The van der Waals surface area contributed by atoms with Gasteiger partial charge in [0.2, 0.25) is 0 Å². The van der Waals surface area contributed by atoms with Gasteiger partial charge in [-0.2, -0.15) is 0 Å². The quantitative estimate of drug-likeness (QED) is 0.767. The van der Waals surface area contributed by atoms with Crippen LogP contribution in [0, 0.1) is 0 Å². The zero-order valence-electron chi connectivity index (χ0n) is 12.1. The molecule has 1 heterocycles. The smallest absolute Gasteiger partial charge is 0.319 e. The Morgan fingerprint density at radius 3 is 2.85 bits per heavy atom. The molecule has 1 atom stereocenters. The van der Waals surface area contributed by atoms with Crippen LogP contribution < -0.4 is 16.4 Å². The SMILES string of the molecule is CC(CNC(=O)Nc1cccc(CN)c1)N1CCCC1. The van der Waals surface area contributed by atoms with Crippen LogP contribution in [0.3, 0.4) is 0 Å². The van der Waals surface area contributed by atoms with E-state index in [1.165, 1.54) is 12.8 Å². The predicted molar refractivity (Wildman–Crippen MR) is 81.6 cm³/mol. The third-order valence-corrected chi connectivity index (χ3v) is 3.74. The maximum atomic E-state index is 11.9. The van der Waals surface area contributed by atoms with Gasteiger partial charge in [0.1, 0.15) is 0 Å². The highest BCUT2D eigenvalue weighted by molar-refractivity contribution is 5.89. The Morgan fingerprint density at radius 1 is 1.40 bits per heavy atom. The number of anilines is 1. The van der Waals surface area contributed by atoms with Crippen LogP contribution in [-0.2, 0) is 6.54 Å². The molecule has 2 rings (SSSR count). The van der Waals surface area contributed by atoms with E-state index in [1.54, 1.807) is 0 Å². The van der Waals surface area contributed by atoms with Gasteiger partial charge < -0.3 is 16.4 Å². The number of carbonyl (C=O) groups excluding carboxylic acids is 1. The van der Waals surface area contributed by atoms with Gasteiger partial charge in [0.25, 0.3) is 0 Å². The van der Waals surface area contributed by atoms with Gasteiger partial charge in [-0.15, -0.1) is 0 Å². The van der Waals surface area contributed by atoms with Crippen molar-refractivity contribution in [2.45, 2.75) is 32.4 Å². The third kappa shape index (κ3) is 4.21. The summed E-state index contributed by atoms with van der Waals surface area (Å²) in [6, 6.07) is 7.82. The van der Waals surface area contributed by atoms with E-state index in [0.717, 1.165) is 24.3 Å². The van der Waals surface area contributed by atoms with Crippen LogP contribution in [0.5, 0.6) is 0 Å². The van der Waals surface area contributed by atoms with Crippen molar-refractivity contribution >= 4 is 11.7 Å². The molecule has 0 saturated carbocycles. The molecular weight excluding hydrogens is 252 g/mol. The predicted octanol–water partition coefficient (Wildman–Crippen LogP) is 1.75. The van der Waals surface area contributed by atoms with E-state index in [-0.39, 0.29) is 6.03 Å². The first-order valence-corrected chi connectivity index (χ1v) is 7.27. The van der Waals surface area contributed by atoms with Crippen molar-refractivity contribution in [2.75, 3.05) is 25.0 Å². The molecule has 4 N–H and O–H groups in total. The lowest BCUT2D eigenvalue weighted by molar-refractivity contribution is 0.234. The summed E-state index contributed by atoms with van der Waals surface area (Å²) in [7, 11) is 0. The topological polar surface area (TPSA) is 70.4 Å². The number of urea groups is 1. The summed E-state index contributed by atoms with van der Waals surface area (Å²) >= 11 is 0. The molecule has 20 heavy (non-hydrogen) atoms. The van der Waals surface area contributed by atoms with E-state index in [1.807, 2.05) is 24.3 Å². The molecule has 1 aromatic rings. The molecule has 1 fully saturated rings. The van der Waals surface area contributed by atoms with Crippen molar-refractivity contribution in [3.8, 4) is 0 Å². The molecule has 1 aliphatic rings. The minimum absolute atomic E-state index is 0.162. The first-order chi connectivity index (χ1) is 9.69. The Kier molecular flexibility index (Phi) is 5.38. The number of benzene rings is 1. The molecule has 5 heteroatoms. The lowest BCUT2D eigenvalue weighted by Crippen LogP contribution is -2.42. The maximum absolute atomic E-state index is 11.9. The van der Waals surface area contributed by atoms with Crippen LogP contribution >= 0.6 is 0 Å². The van der Waals surface area contributed by atoms with E-state index in [4.69, 9.17) is 5.73 Å². The number of nitrogens with one attached hydrogen (secondary N) is 2. The maximum Gasteiger partial charge on any atom is 0.319 e. The van der Waals surface area contributed by atoms with Crippen molar-refractivity contribution in [1.29, 1.82) is 0 Å². The average Bonchev–Trinajstić information content (AvgIpc) is 2.99. The van der Waals surface area contributed by atoms with Crippen molar-refractivity contribution in [3.63, 3.8) is 0 Å². The summed E-state index contributed by atoms with van der Waals surface area (Å²) in [4.78, 5) is 14.3. The lowest BCUT2D eigenvalue weighted by atomic mass is 10.2.